The largest absolute Gasteiger partial charge is 0.497 e. The normalized spacial score (nSPS) is 14.5. The summed E-state index contributed by atoms with van der Waals surface area (Å²) in [6, 6.07) is 5.60. The lowest BCUT2D eigenvalue weighted by Gasteiger charge is -2.24. The molecule has 1 amide bonds. The summed E-state index contributed by atoms with van der Waals surface area (Å²) in [5.74, 6) is 2.17. The Labute approximate surface area is 209 Å². The number of nitrogen functional groups attached to an aromatic ring is 1. The van der Waals surface area contributed by atoms with E-state index in [0.29, 0.717) is 52.5 Å². The summed E-state index contributed by atoms with van der Waals surface area (Å²) in [4.78, 5) is 26.6. The smallest absolute Gasteiger partial charge is 0.407 e. The Hall–Kier alpha value is -3.21. The van der Waals surface area contributed by atoms with Gasteiger partial charge in [0.15, 0.2) is 22.1 Å². The van der Waals surface area contributed by atoms with Crippen LogP contribution in [0.4, 0.5) is 10.6 Å². The van der Waals surface area contributed by atoms with Crippen molar-refractivity contribution in [1.29, 1.82) is 0 Å². The average molecular weight is 501 g/mol. The van der Waals surface area contributed by atoms with Crippen molar-refractivity contribution in [2.24, 2.45) is 5.92 Å². The number of imidazole rings is 1. The maximum atomic E-state index is 12.4. The molecule has 0 radical (unpaired) electrons. The van der Waals surface area contributed by atoms with Crippen LogP contribution in [0.2, 0.25) is 0 Å². The maximum absolute atomic E-state index is 12.4. The number of nitrogens with one attached hydrogen (secondary N) is 1. The van der Waals surface area contributed by atoms with E-state index in [0.717, 1.165) is 17.7 Å². The topological polar surface area (TPSA) is 126 Å². The fraction of sp³-hybridized carbons (Fsp3) is 0.500. The van der Waals surface area contributed by atoms with Crippen LogP contribution in [0.15, 0.2) is 34.6 Å². The van der Waals surface area contributed by atoms with Gasteiger partial charge in [0.25, 0.3) is 0 Å². The molecule has 35 heavy (non-hydrogen) atoms. The van der Waals surface area contributed by atoms with Gasteiger partial charge in [-0.3, -0.25) is 0 Å². The molecule has 1 aromatic carbocycles. The Morgan fingerprint density at radius 1 is 1.26 bits per heavy atom. The number of amides is 1. The summed E-state index contributed by atoms with van der Waals surface area (Å²) >= 11 is 1.44. The minimum absolute atomic E-state index is 0.00862. The van der Waals surface area contributed by atoms with Gasteiger partial charge in [0.2, 0.25) is 0 Å². The van der Waals surface area contributed by atoms with Gasteiger partial charge in [0.1, 0.15) is 23.4 Å². The van der Waals surface area contributed by atoms with Gasteiger partial charge in [0.05, 0.1) is 19.1 Å². The van der Waals surface area contributed by atoms with E-state index in [4.69, 9.17) is 24.9 Å². The third-order valence-electron chi connectivity index (χ3n) is 5.65. The Kier molecular flexibility index (Phi) is 7.25. The number of aromatic nitrogens is 4. The monoisotopic (exact) mass is 500 g/mol. The number of nitrogens with two attached hydrogens (primary N) is 1. The van der Waals surface area contributed by atoms with Crippen LogP contribution in [0.3, 0.4) is 0 Å². The van der Waals surface area contributed by atoms with Crippen LogP contribution in [0, 0.1) is 5.92 Å². The fourth-order valence-electron chi connectivity index (χ4n) is 3.83. The molecule has 2 aromatic heterocycles. The molecule has 4 rings (SSSR count). The molecular weight excluding hydrogens is 468 g/mol. The van der Waals surface area contributed by atoms with E-state index in [2.05, 4.69) is 15.3 Å². The van der Waals surface area contributed by atoms with E-state index in [1.165, 1.54) is 18.1 Å². The van der Waals surface area contributed by atoms with E-state index >= 15 is 0 Å². The van der Waals surface area contributed by atoms with Crippen molar-refractivity contribution in [3.05, 3.63) is 24.5 Å². The summed E-state index contributed by atoms with van der Waals surface area (Å²) < 4.78 is 18.4. The second kappa shape index (κ2) is 10.2. The number of carbonyl (C=O) groups excluding carboxylic acids is 1. The highest BCUT2D eigenvalue weighted by molar-refractivity contribution is 7.99. The molecule has 1 aliphatic carbocycles. The minimum Gasteiger partial charge on any atom is -0.497 e. The summed E-state index contributed by atoms with van der Waals surface area (Å²) in [5.41, 5.74) is 6.76. The molecule has 0 spiro atoms. The van der Waals surface area contributed by atoms with Crippen molar-refractivity contribution in [2.45, 2.75) is 68.3 Å². The number of benzene rings is 1. The van der Waals surface area contributed by atoms with Crippen molar-refractivity contribution in [1.82, 2.24) is 24.8 Å². The molecule has 0 saturated heterocycles. The molecule has 0 aliphatic heterocycles. The lowest BCUT2D eigenvalue weighted by atomic mass is 10.1. The van der Waals surface area contributed by atoms with Gasteiger partial charge < -0.3 is 29.8 Å². The van der Waals surface area contributed by atoms with Gasteiger partial charge in [-0.2, -0.15) is 0 Å². The van der Waals surface area contributed by atoms with Gasteiger partial charge >= 0.3 is 6.09 Å². The van der Waals surface area contributed by atoms with E-state index in [-0.39, 0.29) is 6.04 Å². The van der Waals surface area contributed by atoms with Crippen molar-refractivity contribution in [2.75, 3.05) is 20.0 Å². The molecule has 3 aromatic rings. The molecule has 1 fully saturated rings. The summed E-state index contributed by atoms with van der Waals surface area (Å²) in [6.07, 6.45) is 3.91. The molecule has 0 bridgehead atoms. The first-order valence-corrected chi connectivity index (χ1v) is 12.4. The summed E-state index contributed by atoms with van der Waals surface area (Å²) in [5, 5.41) is 3.76. The standard InChI is InChI=1S/C24H32N6O4S/c1-24(2,3)34-23(31)28-16(14-6-7-14)10-11-30-21-19(20(25)26-13-27-21)29-22(30)35-18-12-15(32-4)8-9-17(18)33-5/h8-9,12-14,16H,6-7,10-11H2,1-5H3,(H,28,31)(H2,25,26,27). The highest BCUT2D eigenvalue weighted by Crippen LogP contribution is 2.39. The number of fused-ring (bicyclic) bond motifs is 1. The quantitative estimate of drug-likeness (QED) is 0.443. The predicted molar refractivity (Wildman–Crippen MR) is 134 cm³/mol. The van der Waals surface area contributed by atoms with Crippen LogP contribution < -0.4 is 20.5 Å². The predicted octanol–water partition coefficient (Wildman–Crippen LogP) is 4.27. The Morgan fingerprint density at radius 2 is 2.03 bits per heavy atom. The fourth-order valence-corrected chi connectivity index (χ4v) is 4.88. The number of hydrogen-bond acceptors (Lipinski definition) is 9. The second-order valence-corrected chi connectivity index (χ2v) is 10.5. The Morgan fingerprint density at radius 3 is 2.69 bits per heavy atom. The highest BCUT2D eigenvalue weighted by atomic mass is 32.2. The van der Waals surface area contributed by atoms with Crippen LogP contribution in [0.5, 0.6) is 11.5 Å². The van der Waals surface area contributed by atoms with Gasteiger partial charge in [-0.25, -0.2) is 19.7 Å². The third-order valence-corrected chi connectivity index (χ3v) is 6.69. The summed E-state index contributed by atoms with van der Waals surface area (Å²) in [6.45, 7) is 6.16. The maximum Gasteiger partial charge on any atom is 0.407 e. The Bertz CT molecular complexity index is 1200. The van der Waals surface area contributed by atoms with Gasteiger partial charge in [-0.1, -0.05) is 0 Å². The molecule has 1 unspecified atom stereocenters. The van der Waals surface area contributed by atoms with Crippen LogP contribution in [0.1, 0.15) is 40.0 Å². The van der Waals surface area contributed by atoms with E-state index < -0.39 is 11.7 Å². The number of methoxy groups -OCH3 is 2. The Balaban J connectivity index is 1.61. The number of carbonyl (C=O) groups is 1. The number of rotatable bonds is 9. The first-order valence-electron chi connectivity index (χ1n) is 11.5. The zero-order valence-corrected chi connectivity index (χ0v) is 21.5. The number of anilines is 1. The van der Waals surface area contributed by atoms with Crippen molar-refractivity contribution in [3.8, 4) is 11.5 Å². The summed E-state index contributed by atoms with van der Waals surface area (Å²) in [7, 11) is 3.25. The number of aryl methyl sites for hydroxylation is 1. The molecule has 2 heterocycles. The molecule has 1 aliphatic rings. The molecule has 11 heteroatoms. The third kappa shape index (κ3) is 6.08. The lowest BCUT2D eigenvalue weighted by molar-refractivity contribution is 0.0493. The van der Waals surface area contributed by atoms with Crippen LogP contribution in [-0.4, -0.2) is 51.5 Å². The SMILES string of the molecule is COc1ccc(OC)c(Sc2nc3c(N)ncnc3n2CCC(NC(=O)OC(C)(C)C)C2CC2)c1. The van der Waals surface area contributed by atoms with E-state index in [1.54, 1.807) is 14.2 Å². The number of hydrogen-bond donors (Lipinski definition) is 2. The highest BCUT2D eigenvalue weighted by Gasteiger charge is 2.33. The molecule has 10 nitrogen and oxygen atoms in total. The zero-order valence-electron chi connectivity index (χ0n) is 20.7. The molecule has 1 saturated carbocycles. The van der Waals surface area contributed by atoms with Crippen LogP contribution in [-0.2, 0) is 11.3 Å². The second-order valence-electron chi connectivity index (χ2n) is 9.47. The van der Waals surface area contributed by atoms with E-state index in [9.17, 15) is 4.79 Å². The minimum atomic E-state index is -0.549. The molecule has 1 atom stereocenters. The number of ether oxygens (including phenoxy) is 3. The van der Waals surface area contributed by atoms with E-state index in [1.807, 2.05) is 43.5 Å². The number of nitrogens with zero attached hydrogens (tertiary/aromatic N) is 4. The molecule has 3 N–H and O–H groups in total. The van der Waals surface area contributed by atoms with Gasteiger partial charge in [0, 0.05) is 12.6 Å². The first kappa shape index (κ1) is 24.9. The van der Waals surface area contributed by atoms with Crippen molar-refractivity contribution < 1.29 is 19.0 Å². The van der Waals surface area contributed by atoms with Crippen LogP contribution >= 0.6 is 11.8 Å². The van der Waals surface area contributed by atoms with Crippen molar-refractivity contribution in [3.63, 3.8) is 0 Å². The number of alkyl carbamates (subject to hydrolysis) is 1. The van der Waals surface area contributed by atoms with Gasteiger partial charge in [-0.15, -0.1) is 0 Å². The first-order chi connectivity index (χ1) is 16.7. The zero-order chi connectivity index (χ0) is 25.2. The van der Waals surface area contributed by atoms with Crippen LogP contribution in [0.25, 0.3) is 11.2 Å². The van der Waals surface area contributed by atoms with Crippen molar-refractivity contribution >= 4 is 34.8 Å². The molecular formula is C24H32N6O4S. The average Bonchev–Trinajstić information content (AvgIpc) is 3.58. The molecule has 188 valence electrons. The lowest BCUT2D eigenvalue weighted by Crippen LogP contribution is -2.40. The van der Waals surface area contributed by atoms with Gasteiger partial charge in [-0.05, 0) is 75.9 Å².